The van der Waals surface area contributed by atoms with Gasteiger partial charge in [-0.2, -0.15) is 5.10 Å². The highest BCUT2D eigenvalue weighted by Crippen LogP contribution is 2.26. The summed E-state index contributed by atoms with van der Waals surface area (Å²) in [4.78, 5) is 21.3. The summed E-state index contributed by atoms with van der Waals surface area (Å²) >= 11 is 0. The van der Waals surface area contributed by atoms with E-state index in [2.05, 4.69) is 20.6 Å². The molecule has 4 rings (SSSR count). The molecule has 2 aromatic heterocycles. The zero-order valence-electron chi connectivity index (χ0n) is 15.2. The number of ether oxygens (including phenoxy) is 1. The Morgan fingerprint density at radius 1 is 1.37 bits per heavy atom. The van der Waals surface area contributed by atoms with E-state index in [0.29, 0.717) is 30.3 Å². The molecule has 3 aromatic rings. The Hall–Kier alpha value is -3.00. The van der Waals surface area contributed by atoms with Gasteiger partial charge >= 0.3 is 0 Å². The topological polar surface area (TPSA) is 94.0 Å². The summed E-state index contributed by atoms with van der Waals surface area (Å²) in [5, 5.41) is 11.0. The Morgan fingerprint density at radius 2 is 2.26 bits per heavy atom. The molecule has 1 aromatic carbocycles. The van der Waals surface area contributed by atoms with Crippen molar-refractivity contribution in [1.29, 1.82) is 0 Å². The fraction of sp³-hybridized carbons (Fsp3) is 0.368. The Morgan fingerprint density at radius 3 is 3.07 bits per heavy atom. The minimum Gasteiger partial charge on any atom is -0.497 e. The highest BCUT2D eigenvalue weighted by molar-refractivity contribution is 5.94. The lowest BCUT2D eigenvalue weighted by Crippen LogP contribution is -2.27. The molecule has 1 aliphatic rings. The van der Waals surface area contributed by atoms with E-state index in [9.17, 15) is 4.79 Å². The van der Waals surface area contributed by atoms with Crippen LogP contribution in [0.4, 0.5) is 0 Å². The van der Waals surface area contributed by atoms with Gasteiger partial charge in [0.1, 0.15) is 11.3 Å². The van der Waals surface area contributed by atoms with Crippen LogP contribution in [-0.4, -0.2) is 52.4 Å². The number of carbonyl (C=O) groups excluding carboxylic acids is 1. The molecule has 1 unspecified atom stereocenters. The zero-order valence-corrected chi connectivity index (χ0v) is 15.2. The molecule has 1 amide bonds. The number of benzene rings is 1. The summed E-state index contributed by atoms with van der Waals surface area (Å²) in [5.41, 5.74) is 3.17. The lowest BCUT2D eigenvalue weighted by atomic mass is 10.0. The summed E-state index contributed by atoms with van der Waals surface area (Å²) in [6.45, 7) is 2.89. The minimum atomic E-state index is -0.142. The molecule has 3 heterocycles. The molecule has 8 heteroatoms. The van der Waals surface area contributed by atoms with Gasteiger partial charge in [-0.05, 0) is 31.2 Å². The average Bonchev–Trinajstić information content (AvgIpc) is 3.36. The zero-order chi connectivity index (χ0) is 18.6. The van der Waals surface area contributed by atoms with Crippen molar-refractivity contribution >= 4 is 17.1 Å². The Kier molecular flexibility index (Phi) is 4.97. The van der Waals surface area contributed by atoms with Crippen molar-refractivity contribution in [2.75, 3.05) is 26.7 Å². The number of hydrogen-bond donors (Lipinski definition) is 2. The molecule has 0 radical (unpaired) electrons. The SMILES string of the molecule is COc1cccc(C(=O)NCCn2nc(C3CCNC3)c3nccnc32)c1. The Labute approximate surface area is 157 Å². The number of nitrogens with zero attached hydrogens (tertiary/aromatic N) is 4. The van der Waals surface area contributed by atoms with Gasteiger partial charge in [-0.25, -0.2) is 14.6 Å². The Balaban J connectivity index is 1.46. The van der Waals surface area contributed by atoms with Crippen LogP contribution in [-0.2, 0) is 6.54 Å². The number of methoxy groups -OCH3 is 1. The maximum atomic E-state index is 12.3. The smallest absolute Gasteiger partial charge is 0.251 e. The van der Waals surface area contributed by atoms with E-state index in [1.165, 1.54) is 0 Å². The number of carbonyl (C=O) groups is 1. The maximum absolute atomic E-state index is 12.3. The van der Waals surface area contributed by atoms with Crippen LogP contribution < -0.4 is 15.4 Å². The largest absolute Gasteiger partial charge is 0.497 e. The van der Waals surface area contributed by atoms with Crippen molar-refractivity contribution < 1.29 is 9.53 Å². The van der Waals surface area contributed by atoms with E-state index < -0.39 is 0 Å². The molecule has 1 saturated heterocycles. The van der Waals surface area contributed by atoms with Crippen LogP contribution in [0.1, 0.15) is 28.4 Å². The first-order chi connectivity index (χ1) is 13.3. The number of rotatable bonds is 6. The van der Waals surface area contributed by atoms with E-state index in [0.717, 1.165) is 36.4 Å². The third-order valence-electron chi connectivity index (χ3n) is 4.78. The van der Waals surface area contributed by atoms with Crippen LogP contribution in [0.3, 0.4) is 0 Å². The summed E-state index contributed by atoms with van der Waals surface area (Å²) in [7, 11) is 1.58. The van der Waals surface area contributed by atoms with Gasteiger partial charge in [-0.15, -0.1) is 0 Å². The Bertz CT molecular complexity index is 948. The van der Waals surface area contributed by atoms with Crippen molar-refractivity contribution in [3.8, 4) is 5.75 Å². The highest BCUT2D eigenvalue weighted by Gasteiger charge is 2.24. The van der Waals surface area contributed by atoms with E-state index >= 15 is 0 Å². The molecule has 27 heavy (non-hydrogen) atoms. The molecule has 8 nitrogen and oxygen atoms in total. The van der Waals surface area contributed by atoms with Crippen LogP contribution in [0, 0.1) is 0 Å². The monoisotopic (exact) mass is 366 g/mol. The standard InChI is InChI=1S/C19H22N6O2/c1-27-15-4-2-3-13(11-15)19(26)23-9-10-25-18-17(21-7-8-22-18)16(24-25)14-5-6-20-12-14/h2-4,7-8,11,14,20H,5-6,9-10,12H2,1H3,(H,23,26). The first-order valence-electron chi connectivity index (χ1n) is 9.06. The first kappa shape index (κ1) is 17.4. The van der Waals surface area contributed by atoms with Crippen LogP contribution in [0.5, 0.6) is 5.75 Å². The molecule has 1 atom stereocenters. The van der Waals surface area contributed by atoms with Crippen molar-refractivity contribution in [3.05, 3.63) is 47.9 Å². The van der Waals surface area contributed by atoms with Gasteiger partial charge < -0.3 is 15.4 Å². The van der Waals surface area contributed by atoms with Gasteiger partial charge in [0, 0.05) is 37.0 Å². The van der Waals surface area contributed by atoms with Gasteiger partial charge in [0.25, 0.3) is 5.91 Å². The molecule has 0 aliphatic carbocycles. The lowest BCUT2D eigenvalue weighted by molar-refractivity contribution is 0.0951. The normalized spacial score (nSPS) is 16.6. The van der Waals surface area contributed by atoms with Crippen LogP contribution in [0.2, 0.25) is 0 Å². The quantitative estimate of drug-likeness (QED) is 0.684. The second-order valence-electron chi connectivity index (χ2n) is 6.51. The van der Waals surface area contributed by atoms with Gasteiger partial charge in [0.2, 0.25) is 0 Å². The predicted octanol–water partition coefficient (Wildman–Crippen LogP) is 1.34. The predicted molar refractivity (Wildman–Crippen MR) is 101 cm³/mol. The average molecular weight is 366 g/mol. The highest BCUT2D eigenvalue weighted by atomic mass is 16.5. The van der Waals surface area contributed by atoms with Gasteiger partial charge in [0.05, 0.1) is 19.3 Å². The minimum absolute atomic E-state index is 0.142. The number of fused-ring (bicyclic) bond motifs is 1. The second kappa shape index (κ2) is 7.71. The molecule has 0 bridgehead atoms. The summed E-state index contributed by atoms with van der Waals surface area (Å²) in [5.74, 6) is 0.874. The van der Waals surface area contributed by atoms with E-state index in [-0.39, 0.29) is 5.91 Å². The van der Waals surface area contributed by atoms with Crippen LogP contribution in [0.25, 0.3) is 11.2 Å². The maximum Gasteiger partial charge on any atom is 0.251 e. The fourth-order valence-corrected chi connectivity index (χ4v) is 3.39. The summed E-state index contributed by atoms with van der Waals surface area (Å²) in [6.07, 6.45) is 4.42. The molecular formula is C19H22N6O2. The molecule has 2 N–H and O–H groups in total. The van der Waals surface area contributed by atoms with Crippen LogP contribution in [0.15, 0.2) is 36.7 Å². The first-order valence-corrected chi connectivity index (χ1v) is 9.06. The van der Waals surface area contributed by atoms with E-state index in [1.54, 1.807) is 37.7 Å². The number of nitrogens with one attached hydrogen (secondary N) is 2. The molecule has 0 saturated carbocycles. The molecule has 1 fully saturated rings. The van der Waals surface area contributed by atoms with Gasteiger partial charge in [-0.1, -0.05) is 6.07 Å². The summed E-state index contributed by atoms with van der Waals surface area (Å²) < 4.78 is 7.00. The molecule has 1 aliphatic heterocycles. The third-order valence-corrected chi connectivity index (χ3v) is 4.78. The van der Waals surface area contributed by atoms with Crippen molar-refractivity contribution in [1.82, 2.24) is 30.4 Å². The number of aromatic nitrogens is 4. The molecular weight excluding hydrogens is 344 g/mol. The van der Waals surface area contributed by atoms with Crippen molar-refractivity contribution in [2.24, 2.45) is 0 Å². The van der Waals surface area contributed by atoms with E-state index in [4.69, 9.17) is 9.84 Å². The number of amides is 1. The van der Waals surface area contributed by atoms with Crippen molar-refractivity contribution in [3.63, 3.8) is 0 Å². The third kappa shape index (κ3) is 3.61. The van der Waals surface area contributed by atoms with Crippen molar-refractivity contribution in [2.45, 2.75) is 18.9 Å². The molecule has 140 valence electrons. The second-order valence-corrected chi connectivity index (χ2v) is 6.51. The van der Waals surface area contributed by atoms with Crippen LogP contribution >= 0.6 is 0 Å². The fourth-order valence-electron chi connectivity index (χ4n) is 3.39. The van der Waals surface area contributed by atoms with Gasteiger partial charge in [-0.3, -0.25) is 4.79 Å². The number of hydrogen-bond acceptors (Lipinski definition) is 6. The van der Waals surface area contributed by atoms with E-state index in [1.807, 2.05) is 10.7 Å². The molecule has 0 spiro atoms. The summed E-state index contributed by atoms with van der Waals surface area (Å²) in [6, 6.07) is 7.09. The van der Waals surface area contributed by atoms with Gasteiger partial charge in [0.15, 0.2) is 5.65 Å². The lowest BCUT2D eigenvalue weighted by Gasteiger charge is -2.07.